The van der Waals surface area contributed by atoms with Gasteiger partial charge in [-0.2, -0.15) is 0 Å². The van der Waals surface area contributed by atoms with Gasteiger partial charge in [-0.25, -0.2) is 9.78 Å². The number of carboxylic acids is 1. The normalized spacial score (nSPS) is 43.5. The molecule has 4 saturated heterocycles. The summed E-state index contributed by atoms with van der Waals surface area (Å²) in [6, 6.07) is 0. The second-order valence-corrected chi connectivity index (χ2v) is 9.43. The zero-order valence-electron chi connectivity index (χ0n) is 18.1. The molecule has 174 valence electrons. The van der Waals surface area contributed by atoms with Crippen LogP contribution in [0.4, 0.5) is 0 Å². The first kappa shape index (κ1) is 22.4. The van der Waals surface area contributed by atoms with Crippen LogP contribution in [0, 0.1) is 23.7 Å². The van der Waals surface area contributed by atoms with Crippen LogP contribution in [0.15, 0.2) is 0 Å². The second kappa shape index (κ2) is 8.31. The first-order valence-electron chi connectivity index (χ1n) is 11.0. The zero-order valence-corrected chi connectivity index (χ0v) is 18.1. The fraction of sp³-hybridized carbons (Fsp3) is 0.857. The maximum absolute atomic E-state index is 12.4. The van der Waals surface area contributed by atoms with E-state index in [9.17, 15) is 14.4 Å². The second-order valence-electron chi connectivity index (χ2n) is 9.43. The number of hydrogen-bond acceptors (Lipinski definition) is 8. The van der Waals surface area contributed by atoms with Crippen molar-refractivity contribution >= 4 is 17.8 Å². The van der Waals surface area contributed by atoms with E-state index in [2.05, 4.69) is 12.2 Å². The molecule has 5 fully saturated rings. The van der Waals surface area contributed by atoms with Crippen LogP contribution in [0.2, 0.25) is 0 Å². The van der Waals surface area contributed by atoms with Crippen molar-refractivity contribution in [2.24, 2.45) is 23.7 Å². The van der Waals surface area contributed by atoms with Crippen molar-refractivity contribution in [1.82, 2.24) is 5.32 Å². The molecule has 0 aromatic carbocycles. The van der Waals surface area contributed by atoms with Crippen LogP contribution in [0.1, 0.15) is 59.3 Å². The van der Waals surface area contributed by atoms with Gasteiger partial charge in [0.05, 0.1) is 6.42 Å². The van der Waals surface area contributed by atoms with Gasteiger partial charge >= 0.3 is 11.9 Å². The molecule has 0 aromatic heterocycles. The number of fused-ring (bicyclic) bond motifs is 2. The van der Waals surface area contributed by atoms with Crippen molar-refractivity contribution in [3.63, 3.8) is 0 Å². The van der Waals surface area contributed by atoms with Gasteiger partial charge < -0.3 is 24.6 Å². The number of esters is 1. The van der Waals surface area contributed by atoms with Crippen molar-refractivity contribution in [3.05, 3.63) is 0 Å². The highest BCUT2D eigenvalue weighted by molar-refractivity contribution is 5.84. The molecule has 31 heavy (non-hydrogen) atoms. The predicted molar refractivity (Wildman–Crippen MR) is 103 cm³/mol. The third-order valence-corrected chi connectivity index (χ3v) is 7.34. The molecule has 5 rings (SSSR count). The molecule has 2 unspecified atom stereocenters. The van der Waals surface area contributed by atoms with Crippen molar-refractivity contribution < 1.29 is 43.5 Å². The number of carbonyl (C=O) groups excluding carboxylic acids is 2. The Labute approximate surface area is 180 Å². The van der Waals surface area contributed by atoms with Crippen molar-refractivity contribution in [2.75, 3.05) is 6.54 Å². The fourth-order valence-electron chi connectivity index (χ4n) is 5.67. The van der Waals surface area contributed by atoms with E-state index in [0.29, 0.717) is 12.3 Å². The number of carboxylic acid groups (broad SMARTS) is 1. The summed E-state index contributed by atoms with van der Waals surface area (Å²) in [5.41, 5.74) is -0.729. The summed E-state index contributed by atoms with van der Waals surface area (Å²) in [4.78, 5) is 46.4. The van der Waals surface area contributed by atoms with Crippen LogP contribution in [0.3, 0.4) is 0 Å². The van der Waals surface area contributed by atoms with E-state index in [-0.39, 0.29) is 30.6 Å². The molecule has 1 amide bonds. The van der Waals surface area contributed by atoms with Gasteiger partial charge in [-0.1, -0.05) is 13.8 Å². The molecule has 0 radical (unpaired) electrons. The number of hydrogen-bond donors (Lipinski definition) is 2. The summed E-state index contributed by atoms with van der Waals surface area (Å²) in [6.07, 6.45) is 1.67. The molecule has 2 N–H and O–H groups in total. The Balaban J connectivity index is 1.44. The maximum atomic E-state index is 12.4. The molecular weight excluding hydrogens is 410 g/mol. The highest BCUT2D eigenvalue weighted by atomic mass is 17.3. The van der Waals surface area contributed by atoms with E-state index in [4.69, 9.17) is 29.1 Å². The Hall–Kier alpha value is -1.75. The Kier molecular flexibility index (Phi) is 6.01. The lowest BCUT2D eigenvalue weighted by Gasteiger charge is -2.59. The molecule has 1 spiro atoms. The van der Waals surface area contributed by atoms with Crippen LogP contribution in [0.25, 0.3) is 0 Å². The molecule has 2 bridgehead atoms. The zero-order chi connectivity index (χ0) is 22.4. The van der Waals surface area contributed by atoms with E-state index >= 15 is 0 Å². The summed E-state index contributed by atoms with van der Waals surface area (Å²) >= 11 is 0. The standard InChI is InChI=1S/C21H31NO9/c1-11-4-5-14-12(2)18(27-17(26)7-6-15(23)22-10-16(24)25)28-19-21(14)13(11)8-9-20(3,29-19)30-31-21/h11-14,18-19H,4-10H2,1-3H3,(H,22,23)(H,24,25)/t11-,12-,13+,14+,18-,19-,20?,21?/m1/s1. The fourth-order valence-corrected chi connectivity index (χ4v) is 5.67. The van der Waals surface area contributed by atoms with E-state index in [0.717, 1.165) is 19.3 Å². The van der Waals surface area contributed by atoms with Crippen molar-refractivity contribution in [1.29, 1.82) is 0 Å². The molecular formula is C21H31NO9. The summed E-state index contributed by atoms with van der Waals surface area (Å²) in [6.45, 7) is 5.54. The van der Waals surface area contributed by atoms with Gasteiger partial charge in [-0.15, -0.1) is 0 Å². The monoisotopic (exact) mass is 441 g/mol. The molecule has 1 saturated carbocycles. The minimum Gasteiger partial charge on any atom is -0.480 e. The Morgan fingerprint density at radius 2 is 1.87 bits per heavy atom. The van der Waals surface area contributed by atoms with Crippen molar-refractivity contribution in [2.45, 2.75) is 83.3 Å². The lowest BCUT2D eigenvalue weighted by Crippen LogP contribution is -2.70. The molecule has 10 nitrogen and oxygen atoms in total. The van der Waals surface area contributed by atoms with Crippen LogP contribution in [-0.4, -0.2) is 53.5 Å². The molecule has 4 heterocycles. The smallest absolute Gasteiger partial charge is 0.322 e. The summed E-state index contributed by atoms with van der Waals surface area (Å²) in [5.74, 6) is -2.62. The Bertz CT molecular complexity index is 744. The lowest BCUT2D eigenvalue weighted by molar-refractivity contribution is -0.576. The maximum Gasteiger partial charge on any atom is 0.322 e. The SMILES string of the molecule is C[C@H]1[C@H](OC(=O)CCC(=O)NCC(=O)O)O[C@@H]2OC3(C)CC[C@H]4[C@H](C)CC[C@@H]1C24OO3. The van der Waals surface area contributed by atoms with Gasteiger partial charge in [0.2, 0.25) is 18.0 Å². The highest BCUT2D eigenvalue weighted by Gasteiger charge is 2.69. The Morgan fingerprint density at radius 1 is 1.10 bits per heavy atom. The average Bonchev–Trinajstić information content (AvgIpc) is 2.94. The molecule has 1 aliphatic carbocycles. The van der Waals surface area contributed by atoms with Gasteiger partial charge in [0, 0.05) is 24.7 Å². The van der Waals surface area contributed by atoms with Crippen LogP contribution < -0.4 is 5.32 Å². The molecule has 0 aromatic rings. The highest BCUT2D eigenvalue weighted by Crippen LogP contribution is 2.60. The minimum atomic E-state index is -1.15. The number of nitrogens with one attached hydrogen (secondary N) is 1. The first-order valence-corrected chi connectivity index (χ1v) is 11.0. The van der Waals surface area contributed by atoms with Crippen LogP contribution in [-0.2, 0) is 38.4 Å². The molecule has 4 aliphatic heterocycles. The number of aliphatic carboxylic acids is 1. The van der Waals surface area contributed by atoms with E-state index < -0.39 is 48.4 Å². The van der Waals surface area contributed by atoms with Gasteiger partial charge in [0.1, 0.15) is 6.54 Å². The lowest BCUT2D eigenvalue weighted by atomic mass is 9.58. The quantitative estimate of drug-likeness (QED) is 0.467. The van der Waals surface area contributed by atoms with Crippen molar-refractivity contribution in [3.8, 4) is 0 Å². The Morgan fingerprint density at radius 3 is 2.61 bits per heavy atom. The predicted octanol–water partition coefficient (Wildman–Crippen LogP) is 1.72. The van der Waals surface area contributed by atoms with E-state index in [1.54, 1.807) is 0 Å². The minimum absolute atomic E-state index is 0.0340. The van der Waals surface area contributed by atoms with Gasteiger partial charge in [0.15, 0.2) is 11.9 Å². The number of carbonyl (C=O) groups is 3. The molecule has 8 atom stereocenters. The molecule has 5 aliphatic rings. The molecule has 10 heteroatoms. The van der Waals surface area contributed by atoms with Gasteiger partial charge in [-0.3, -0.25) is 14.4 Å². The van der Waals surface area contributed by atoms with Gasteiger partial charge in [-0.05, 0) is 38.0 Å². The van der Waals surface area contributed by atoms with E-state index in [1.807, 2.05) is 13.8 Å². The van der Waals surface area contributed by atoms with E-state index in [1.165, 1.54) is 0 Å². The largest absolute Gasteiger partial charge is 0.480 e. The third kappa shape index (κ3) is 4.06. The summed E-state index contributed by atoms with van der Waals surface area (Å²) in [5, 5.41) is 10.8. The first-order chi connectivity index (χ1) is 14.6. The average molecular weight is 441 g/mol. The topological polar surface area (TPSA) is 130 Å². The number of ether oxygens (including phenoxy) is 3. The summed E-state index contributed by atoms with van der Waals surface area (Å²) < 4.78 is 18.0. The van der Waals surface area contributed by atoms with Gasteiger partial charge in [0.25, 0.3) is 0 Å². The van der Waals surface area contributed by atoms with Crippen LogP contribution >= 0.6 is 0 Å². The number of rotatable bonds is 6. The van der Waals surface area contributed by atoms with Crippen LogP contribution in [0.5, 0.6) is 0 Å². The number of amides is 1. The third-order valence-electron chi connectivity index (χ3n) is 7.34. The summed E-state index contributed by atoms with van der Waals surface area (Å²) in [7, 11) is 0.